The van der Waals surface area contributed by atoms with E-state index in [1.165, 1.54) is 4.88 Å². The van der Waals surface area contributed by atoms with Gasteiger partial charge in [0.15, 0.2) is 0 Å². The van der Waals surface area contributed by atoms with Crippen LogP contribution in [0.3, 0.4) is 0 Å². The fraction of sp³-hybridized carbons (Fsp3) is 0.643. The van der Waals surface area contributed by atoms with Crippen LogP contribution in [-0.4, -0.2) is 41.8 Å². The SMILES string of the molecule is CC(C1CCOC1)N1CCc2sccc2C1C(=O)O. The summed E-state index contributed by atoms with van der Waals surface area (Å²) in [6.07, 6.45) is 2.01. The topological polar surface area (TPSA) is 49.8 Å². The number of nitrogens with zero attached hydrogens (tertiary/aromatic N) is 1. The largest absolute Gasteiger partial charge is 0.480 e. The van der Waals surface area contributed by atoms with Crippen molar-refractivity contribution in [3.05, 3.63) is 21.9 Å². The van der Waals surface area contributed by atoms with E-state index >= 15 is 0 Å². The number of carboxylic acid groups (broad SMARTS) is 1. The van der Waals surface area contributed by atoms with Crippen molar-refractivity contribution in [2.45, 2.75) is 31.8 Å². The van der Waals surface area contributed by atoms with E-state index in [1.54, 1.807) is 11.3 Å². The summed E-state index contributed by atoms with van der Waals surface area (Å²) in [4.78, 5) is 15.1. The van der Waals surface area contributed by atoms with Gasteiger partial charge in [0, 0.05) is 24.1 Å². The van der Waals surface area contributed by atoms with Crippen molar-refractivity contribution in [3.63, 3.8) is 0 Å². The fourth-order valence-electron chi connectivity index (χ4n) is 3.25. The standard InChI is InChI=1S/C14H19NO3S/c1-9(10-3-6-18-8-10)15-5-2-12-11(4-7-19-12)13(15)14(16)17/h4,7,9-10,13H,2-3,5-6,8H2,1H3,(H,16,17). The van der Waals surface area contributed by atoms with E-state index in [4.69, 9.17) is 4.74 Å². The molecule has 0 aromatic carbocycles. The van der Waals surface area contributed by atoms with Crippen molar-refractivity contribution in [2.75, 3.05) is 19.8 Å². The molecule has 3 heterocycles. The molecule has 19 heavy (non-hydrogen) atoms. The van der Waals surface area contributed by atoms with Gasteiger partial charge in [-0.2, -0.15) is 0 Å². The van der Waals surface area contributed by atoms with E-state index < -0.39 is 12.0 Å². The lowest BCUT2D eigenvalue weighted by Crippen LogP contribution is -2.47. The molecule has 0 radical (unpaired) electrons. The Morgan fingerprint density at radius 3 is 3.16 bits per heavy atom. The van der Waals surface area contributed by atoms with Gasteiger partial charge in [-0.3, -0.25) is 9.69 Å². The first-order valence-corrected chi connectivity index (χ1v) is 7.69. The normalized spacial score (nSPS) is 29.1. The molecule has 2 aliphatic heterocycles. The Balaban J connectivity index is 1.86. The predicted molar refractivity (Wildman–Crippen MR) is 73.5 cm³/mol. The molecular formula is C14H19NO3S. The van der Waals surface area contributed by atoms with Gasteiger partial charge in [-0.25, -0.2) is 0 Å². The summed E-state index contributed by atoms with van der Waals surface area (Å²) in [5.41, 5.74) is 0.995. The van der Waals surface area contributed by atoms with Crippen LogP contribution in [0.15, 0.2) is 11.4 Å². The van der Waals surface area contributed by atoms with Crippen molar-refractivity contribution < 1.29 is 14.6 Å². The summed E-state index contributed by atoms with van der Waals surface area (Å²) >= 11 is 1.68. The van der Waals surface area contributed by atoms with Crippen LogP contribution >= 0.6 is 11.3 Å². The molecule has 0 bridgehead atoms. The van der Waals surface area contributed by atoms with E-state index in [-0.39, 0.29) is 6.04 Å². The van der Waals surface area contributed by atoms with Crippen molar-refractivity contribution in [1.29, 1.82) is 0 Å². The molecule has 1 aromatic heterocycles. The second kappa shape index (κ2) is 5.23. The van der Waals surface area contributed by atoms with Crippen molar-refractivity contribution in [2.24, 2.45) is 5.92 Å². The zero-order valence-corrected chi connectivity index (χ0v) is 11.9. The Labute approximate surface area is 117 Å². The van der Waals surface area contributed by atoms with Gasteiger partial charge >= 0.3 is 5.97 Å². The number of aliphatic carboxylic acids is 1. The van der Waals surface area contributed by atoms with Gasteiger partial charge in [0.05, 0.1) is 6.61 Å². The first-order valence-electron chi connectivity index (χ1n) is 6.81. The van der Waals surface area contributed by atoms with Gasteiger partial charge in [0.2, 0.25) is 0 Å². The highest BCUT2D eigenvalue weighted by Crippen LogP contribution is 2.36. The minimum atomic E-state index is -0.731. The fourth-order valence-corrected chi connectivity index (χ4v) is 4.16. The Morgan fingerprint density at radius 1 is 1.63 bits per heavy atom. The number of thiophene rings is 1. The highest BCUT2D eigenvalue weighted by molar-refractivity contribution is 7.10. The number of rotatable bonds is 3. The second-order valence-corrected chi connectivity index (χ2v) is 6.39. The van der Waals surface area contributed by atoms with Crippen LogP contribution in [0.4, 0.5) is 0 Å². The van der Waals surface area contributed by atoms with Crippen LogP contribution in [0.5, 0.6) is 0 Å². The monoisotopic (exact) mass is 281 g/mol. The lowest BCUT2D eigenvalue weighted by Gasteiger charge is -2.39. The average Bonchev–Trinajstić information content (AvgIpc) is 3.06. The van der Waals surface area contributed by atoms with Gasteiger partial charge in [-0.15, -0.1) is 11.3 Å². The molecule has 104 valence electrons. The maximum Gasteiger partial charge on any atom is 0.325 e. The van der Waals surface area contributed by atoms with Gasteiger partial charge < -0.3 is 9.84 Å². The molecule has 0 amide bonds. The molecular weight excluding hydrogens is 262 g/mol. The number of carbonyl (C=O) groups is 1. The van der Waals surface area contributed by atoms with Crippen LogP contribution in [0, 0.1) is 5.92 Å². The van der Waals surface area contributed by atoms with Crippen LogP contribution in [0.2, 0.25) is 0 Å². The zero-order chi connectivity index (χ0) is 13.4. The summed E-state index contributed by atoms with van der Waals surface area (Å²) in [5.74, 6) is -0.271. The molecule has 3 rings (SSSR count). The maximum atomic E-state index is 11.7. The molecule has 1 saturated heterocycles. The summed E-state index contributed by atoms with van der Waals surface area (Å²) in [7, 11) is 0. The number of fused-ring (bicyclic) bond motifs is 1. The smallest absolute Gasteiger partial charge is 0.325 e. The summed E-state index contributed by atoms with van der Waals surface area (Å²) in [6, 6.07) is 1.75. The molecule has 2 aliphatic rings. The molecule has 3 atom stereocenters. The Kier molecular flexibility index (Phi) is 3.60. The van der Waals surface area contributed by atoms with Crippen molar-refractivity contribution in [3.8, 4) is 0 Å². The second-order valence-electron chi connectivity index (χ2n) is 5.39. The number of hydrogen-bond acceptors (Lipinski definition) is 4. The third-order valence-electron chi connectivity index (χ3n) is 4.41. The number of carboxylic acids is 1. The first kappa shape index (κ1) is 13.1. The van der Waals surface area contributed by atoms with Crippen LogP contribution in [0.1, 0.15) is 29.8 Å². The lowest BCUT2D eigenvalue weighted by atomic mass is 9.92. The summed E-state index contributed by atoms with van der Waals surface area (Å²) in [5, 5.41) is 11.6. The quantitative estimate of drug-likeness (QED) is 0.922. The highest BCUT2D eigenvalue weighted by Gasteiger charge is 2.39. The molecule has 0 spiro atoms. The molecule has 4 nitrogen and oxygen atoms in total. The van der Waals surface area contributed by atoms with Crippen LogP contribution < -0.4 is 0 Å². The first-order chi connectivity index (χ1) is 9.18. The highest BCUT2D eigenvalue weighted by atomic mass is 32.1. The molecule has 1 aromatic rings. The van der Waals surface area contributed by atoms with E-state index in [2.05, 4.69) is 11.8 Å². The van der Waals surface area contributed by atoms with Crippen LogP contribution in [0.25, 0.3) is 0 Å². The third-order valence-corrected chi connectivity index (χ3v) is 5.40. The molecule has 1 fully saturated rings. The predicted octanol–water partition coefficient (Wildman–Crippen LogP) is 2.16. The summed E-state index contributed by atoms with van der Waals surface area (Å²) in [6.45, 7) is 4.56. The van der Waals surface area contributed by atoms with E-state index in [9.17, 15) is 9.90 Å². The average molecular weight is 281 g/mol. The molecule has 0 saturated carbocycles. The Bertz CT molecular complexity index is 467. The Hall–Kier alpha value is -0.910. The summed E-state index contributed by atoms with van der Waals surface area (Å²) < 4.78 is 5.45. The van der Waals surface area contributed by atoms with Crippen molar-refractivity contribution in [1.82, 2.24) is 4.90 Å². The van der Waals surface area contributed by atoms with Crippen molar-refractivity contribution >= 4 is 17.3 Å². The molecule has 0 aliphatic carbocycles. The minimum absolute atomic E-state index is 0.261. The molecule has 3 unspecified atom stereocenters. The van der Waals surface area contributed by atoms with Gasteiger partial charge in [-0.05, 0) is 42.7 Å². The van der Waals surface area contributed by atoms with Gasteiger partial charge in [0.25, 0.3) is 0 Å². The zero-order valence-electron chi connectivity index (χ0n) is 11.0. The maximum absolute atomic E-state index is 11.7. The number of ether oxygens (including phenoxy) is 1. The Morgan fingerprint density at radius 2 is 2.47 bits per heavy atom. The molecule has 5 heteroatoms. The number of hydrogen-bond donors (Lipinski definition) is 1. The van der Waals surface area contributed by atoms with Gasteiger partial charge in [0.1, 0.15) is 6.04 Å². The van der Waals surface area contributed by atoms with Gasteiger partial charge in [-0.1, -0.05) is 0 Å². The van der Waals surface area contributed by atoms with Crippen LogP contribution in [-0.2, 0) is 16.0 Å². The molecule has 1 N–H and O–H groups in total. The lowest BCUT2D eigenvalue weighted by molar-refractivity contribution is -0.145. The van der Waals surface area contributed by atoms with E-state index in [0.29, 0.717) is 5.92 Å². The third kappa shape index (κ3) is 2.30. The minimum Gasteiger partial charge on any atom is -0.480 e. The van der Waals surface area contributed by atoms with E-state index in [0.717, 1.165) is 38.2 Å². The van der Waals surface area contributed by atoms with E-state index in [1.807, 2.05) is 11.4 Å².